The van der Waals surface area contributed by atoms with Gasteiger partial charge in [0.15, 0.2) is 0 Å². The van der Waals surface area contributed by atoms with Crippen molar-refractivity contribution >= 4 is 73.1 Å². The molecule has 9 heteroatoms. The van der Waals surface area contributed by atoms with Crippen LogP contribution in [0.2, 0.25) is 5.02 Å². The molecule has 0 atom stereocenters. The third kappa shape index (κ3) is 5.09. The van der Waals surface area contributed by atoms with Gasteiger partial charge in [-0.15, -0.1) is 0 Å². The Bertz CT molecular complexity index is 1360. The van der Waals surface area contributed by atoms with Crippen LogP contribution < -0.4 is 15.0 Å². The zero-order valence-electron chi connectivity index (χ0n) is 17.8. The van der Waals surface area contributed by atoms with Crippen LogP contribution in [0.25, 0.3) is 6.08 Å². The van der Waals surface area contributed by atoms with E-state index in [0.717, 1.165) is 25.0 Å². The Morgan fingerprint density at radius 3 is 2.53 bits per heavy atom. The number of aryl methyl sites for hydroxylation is 1. The molecule has 1 saturated heterocycles. The predicted molar refractivity (Wildman–Crippen MR) is 138 cm³/mol. The fraction of sp³-hybridized carbons (Fsp3) is 0.0800. The number of rotatable bonds is 5. The summed E-state index contributed by atoms with van der Waals surface area (Å²) in [6.45, 7) is 2.03. The van der Waals surface area contributed by atoms with Crippen LogP contribution in [-0.2, 0) is 16.2 Å². The summed E-state index contributed by atoms with van der Waals surface area (Å²) in [4.78, 5) is 39.3. The number of benzene rings is 3. The molecule has 1 fully saturated rings. The average molecular weight is 605 g/mol. The lowest BCUT2D eigenvalue weighted by Gasteiger charge is -2.27. The number of hydrogen-bond donors (Lipinski definition) is 1. The van der Waals surface area contributed by atoms with Crippen molar-refractivity contribution in [1.82, 2.24) is 5.32 Å². The predicted octanol–water partition coefficient (Wildman–Crippen LogP) is 6.42. The van der Waals surface area contributed by atoms with E-state index in [4.69, 9.17) is 16.3 Å². The van der Waals surface area contributed by atoms with Crippen molar-refractivity contribution in [3.8, 4) is 5.75 Å². The minimum atomic E-state index is -0.807. The Morgan fingerprint density at radius 2 is 1.79 bits per heavy atom. The summed E-state index contributed by atoms with van der Waals surface area (Å²) in [6, 6.07) is 16.8. The van der Waals surface area contributed by atoms with Crippen molar-refractivity contribution in [2.45, 2.75) is 13.5 Å². The largest absolute Gasteiger partial charge is 0.488 e. The molecule has 0 spiro atoms. The molecule has 0 bridgehead atoms. The maximum Gasteiger partial charge on any atom is 0.335 e. The van der Waals surface area contributed by atoms with E-state index in [1.165, 1.54) is 6.08 Å². The van der Waals surface area contributed by atoms with Crippen molar-refractivity contribution in [1.29, 1.82) is 0 Å². The third-order valence-corrected chi connectivity index (χ3v) is 6.87. The van der Waals surface area contributed by atoms with Crippen molar-refractivity contribution in [3.05, 3.63) is 96.9 Å². The molecular weight excluding hydrogens is 588 g/mol. The molecule has 4 amide bonds. The summed E-state index contributed by atoms with van der Waals surface area (Å²) in [5.41, 5.74) is 2.27. The maximum absolute atomic E-state index is 13.3. The van der Waals surface area contributed by atoms with Gasteiger partial charge in [-0.3, -0.25) is 14.9 Å². The monoisotopic (exact) mass is 602 g/mol. The molecule has 0 aliphatic carbocycles. The van der Waals surface area contributed by atoms with Crippen LogP contribution in [0, 0.1) is 6.92 Å². The minimum absolute atomic E-state index is 0.194. The van der Waals surface area contributed by atoms with Gasteiger partial charge in [0.1, 0.15) is 17.9 Å². The lowest BCUT2D eigenvalue weighted by Crippen LogP contribution is -2.54. The zero-order valence-corrected chi connectivity index (χ0v) is 21.7. The number of ether oxygens (including phenoxy) is 1. The van der Waals surface area contributed by atoms with E-state index < -0.39 is 17.8 Å². The van der Waals surface area contributed by atoms with Crippen LogP contribution in [0.3, 0.4) is 0 Å². The van der Waals surface area contributed by atoms with Gasteiger partial charge in [-0.1, -0.05) is 61.7 Å². The molecule has 1 heterocycles. The fourth-order valence-corrected chi connectivity index (χ4v) is 4.17. The highest BCUT2D eigenvalue weighted by atomic mass is 79.9. The minimum Gasteiger partial charge on any atom is -0.488 e. The number of imide groups is 2. The number of nitrogens with zero attached hydrogens (tertiary/aromatic N) is 1. The topological polar surface area (TPSA) is 75.7 Å². The molecular formula is C25H17Br2ClN2O4. The second kappa shape index (κ2) is 10.1. The molecule has 3 aromatic rings. The Balaban J connectivity index is 1.69. The second-order valence-corrected chi connectivity index (χ2v) is 9.63. The molecule has 0 radical (unpaired) electrons. The molecule has 1 aliphatic rings. The van der Waals surface area contributed by atoms with Crippen molar-refractivity contribution < 1.29 is 19.1 Å². The van der Waals surface area contributed by atoms with Crippen LogP contribution in [0.5, 0.6) is 5.75 Å². The van der Waals surface area contributed by atoms with Gasteiger partial charge >= 0.3 is 6.03 Å². The van der Waals surface area contributed by atoms with Crippen LogP contribution in [0.1, 0.15) is 16.7 Å². The summed E-state index contributed by atoms with van der Waals surface area (Å²) >= 11 is 13.0. The first kappa shape index (κ1) is 24.2. The SMILES string of the molecule is Cc1cc(N2C(=O)NC(=O)/C(=C\c3cc(Br)ccc3OCc3ccccc3Cl)C2=O)ccc1Br. The van der Waals surface area contributed by atoms with Gasteiger partial charge in [-0.05, 0) is 61.0 Å². The van der Waals surface area contributed by atoms with E-state index in [0.29, 0.717) is 22.0 Å². The van der Waals surface area contributed by atoms with E-state index in [9.17, 15) is 14.4 Å². The van der Waals surface area contributed by atoms with Crippen molar-refractivity contribution in [2.24, 2.45) is 0 Å². The molecule has 34 heavy (non-hydrogen) atoms. The molecule has 172 valence electrons. The Morgan fingerprint density at radius 1 is 1.03 bits per heavy atom. The number of hydrogen-bond acceptors (Lipinski definition) is 4. The molecule has 0 aromatic heterocycles. The normalized spacial score (nSPS) is 15.0. The first-order chi connectivity index (χ1) is 16.2. The summed E-state index contributed by atoms with van der Waals surface area (Å²) in [6.07, 6.45) is 1.41. The molecule has 0 unspecified atom stereocenters. The van der Waals surface area contributed by atoms with Gasteiger partial charge in [0.2, 0.25) is 0 Å². The molecule has 1 N–H and O–H groups in total. The molecule has 6 nitrogen and oxygen atoms in total. The van der Waals surface area contributed by atoms with Gasteiger partial charge in [0, 0.05) is 25.1 Å². The molecule has 0 saturated carbocycles. The second-order valence-electron chi connectivity index (χ2n) is 7.45. The van der Waals surface area contributed by atoms with Gasteiger partial charge in [0.05, 0.1) is 5.69 Å². The van der Waals surface area contributed by atoms with Crippen LogP contribution in [-0.4, -0.2) is 17.8 Å². The lowest BCUT2D eigenvalue weighted by molar-refractivity contribution is -0.122. The zero-order chi connectivity index (χ0) is 24.4. The highest BCUT2D eigenvalue weighted by Crippen LogP contribution is 2.30. The smallest absolute Gasteiger partial charge is 0.335 e. The number of nitrogens with one attached hydrogen (secondary N) is 1. The lowest BCUT2D eigenvalue weighted by atomic mass is 10.1. The van der Waals surface area contributed by atoms with Crippen LogP contribution >= 0.6 is 43.5 Å². The number of anilines is 1. The first-order valence-electron chi connectivity index (χ1n) is 10.1. The Kier molecular flexibility index (Phi) is 7.21. The number of halogens is 3. The summed E-state index contributed by atoms with van der Waals surface area (Å²) in [5.74, 6) is -1.07. The number of carbonyl (C=O) groups excluding carboxylic acids is 3. The van der Waals surface area contributed by atoms with E-state index in [2.05, 4.69) is 37.2 Å². The number of barbiturate groups is 1. The standard InChI is InChI=1S/C25H17Br2ClN2O4/c1-14-10-18(7-8-20(14)27)30-24(32)19(23(31)29-25(30)33)12-16-11-17(26)6-9-22(16)34-13-15-4-2-3-5-21(15)28/h2-12H,13H2,1H3,(H,29,31,33)/b19-12+. The van der Waals surface area contributed by atoms with Gasteiger partial charge < -0.3 is 4.74 Å². The van der Waals surface area contributed by atoms with E-state index in [1.54, 1.807) is 42.5 Å². The summed E-state index contributed by atoms with van der Waals surface area (Å²) in [7, 11) is 0. The average Bonchev–Trinajstić information content (AvgIpc) is 2.79. The molecule has 3 aromatic carbocycles. The highest BCUT2D eigenvalue weighted by molar-refractivity contribution is 9.10. The van der Waals surface area contributed by atoms with Crippen LogP contribution in [0.15, 0.2) is 75.2 Å². The molecule has 1 aliphatic heterocycles. The number of urea groups is 1. The quantitative estimate of drug-likeness (QED) is 0.270. The van der Waals surface area contributed by atoms with Crippen molar-refractivity contribution in [3.63, 3.8) is 0 Å². The Labute approximate surface area is 217 Å². The number of carbonyl (C=O) groups is 3. The Hall–Kier alpha value is -2.94. The third-order valence-electron chi connectivity index (χ3n) is 5.11. The summed E-state index contributed by atoms with van der Waals surface area (Å²) in [5, 5.41) is 2.81. The number of amides is 4. The van der Waals surface area contributed by atoms with E-state index in [1.807, 2.05) is 25.1 Å². The summed E-state index contributed by atoms with van der Waals surface area (Å²) < 4.78 is 7.52. The van der Waals surface area contributed by atoms with Crippen molar-refractivity contribution in [2.75, 3.05) is 4.90 Å². The van der Waals surface area contributed by atoms with Crippen LogP contribution in [0.4, 0.5) is 10.5 Å². The highest BCUT2D eigenvalue weighted by Gasteiger charge is 2.37. The van der Waals surface area contributed by atoms with Gasteiger partial charge in [0.25, 0.3) is 11.8 Å². The van der Waals surface area contributed by atoms with E-state index in [-0.39, 0.29) is 12.2 Å². The van der Waals surface area contributed by atoms with Gasteiger partial charge in [-0.2, -0.15) is 0 Å². The molecule has 4 rings (SSSR count). The first-order valence-corrected chi connectivity index (χ1v) is 12.0. The maximum atomic E-state index is 13.3. The van der Waals surface area contributed by atoms with E-state index >= 15 is 0 Å². The fourth-order valence-electron chi connectivity index (χ4n) is 3.35. The van der Waals surface area contributed by atoms with Gasteiger partial charge in [-0.25, -0.2) is 9.69 Å².